The highest BCUT2D eigenvalue weighted by atomic mass is 14.3. The smallest absolute Gasteiger partial charge is 0.000728 e. The van der Waals surface area contributed by atoms with E-state index in [1.807, 2.05) is 0 Å². The first-order valence-electron chi connectivity index (χ1n) is 10.4. The van der Waals surface area contributed by atoms with Crippen LogP contribution in [0.4, 0.5) is 0 Å². The number of hydrogen-bond acceptors (Lipinski definition) is 0. The van der Waals surface area contributed by atoms with Gasteiger partial charge in [-0.2, -0.15) is 0 Å². The average Bonchev–Trinajstić information content (AvgIpc) is 3.14. The molecule has 142 valence electrons. The number of rotatable bonds is 2. The van der Waals surface area contributed by atoms with Gasteiger partial charge in [-0.1, -0.05) is 72.8 Å². The molecule has 0 heterocycles. The van der Waals surface area contributed by atoms with Crippen molar-refractivity contribution in [2.75, 3.05) is 0 Å². The summed E-state index contributed by atoms with van der Waals surface area (Å²) < 4.78 is 0. The fraction of sp³-hybridized carbons (Fsp3) is 0.172. The minimum Gasteiger partial charge on any atom is -0.0622 e. The van der Waals surface area contributed by atoms with Gasteiger partial charge < -0.3 is 0 Å². The van der Waals surface area contributed by atoms with Crippen molar-refractivity contribution in [1.82, 2.24) is 0 Å². The summed E-state index contributed by atoms with van der Waals surface area (Å²) >= 11 is 0. The van der Waals surface area contributed by atoms with Crippen LogP contribution in [0.15, 0.2) is 72.8 Å². The first-order valence-corrected chi connectivity index (χ1v) is 10.4. The highest BCUT2D eigenvalue weighted by Gasteiger charge is 2.25. The molecule has 0 aromatic heterocycles. The maximum Gasteiger partial charge on any atom is -0.000728 e. The highest BCUT2D eigenvalue weighted by Crippen LogP contribution is 2.46. The first-order chi connectivity index (χ1) is 14.1. The number of hydrogen-bond donors (Lipinski definition) is 0. The van der Waals surface area contributed by atoms with Crippen molar-refractivity contribution in [2.24, 2.45) is 0 Å². The monoisotopic (exact) mass is 374 g/mol. The lowest BCUT2D eigenvalue weighted by molar-refractivity contribution is 1.21. The summed E-state index contributed by atoms with van der Waals surface area (Å²) in [6.45, 7) is 9.11. The Balaban J connectivity index is 1.86. The van der Waals surface area contributed by atoms with Gasteiger partial charge in [0, 0.05) is 0 Å². The molecule has 0 spiro atoms. The molecule has 0 saturated carbocycles. The van der Waals surface area contributed by atoms with Crippen LogP contribution in [0.25, 0.3) is 33.4 Å². The molecule has 4 aromatic carbocycles. The summed E-state index contributed by atoms with van der Waals surface area (Å²) in [5, 5.41) is 0. The van der Waals surface area contributed by atoms with Crippen molar-refractivity contribution in [2.45, 2.75) is 34.1 Å². The van der Waals surface area contributed by atoms with Crippen LogP contribution >= 0.6 is 0 Å². The molecule has 0 amide bonds. The topological polar surface area (TPSA) is 0 Å². The third-order valence-electron chi connectivity index (χ3n) is 6.87. The SMILES string of the molecule is Cc1c(C)c(C)c(-c2cccc3c2Cc2ccccc2-3)c(-c2ccccc2)c1C. The van der Waals surface area contributed by atoms with Crippen LogP contribution in [0.2, 0.25) is 0 Å². The molecule has 1 aliphatic carbocycles. The van der Waals surface area contributed by atoms with E-state index in [1.54, 1.807) is 0 Å². The average molecular weight is 375 g/mol. The summed E-state index contributed by atoms with van der Waals surface area (Å²) in [7, 11) is 0. The zero-order valence-corrected chi connectivity index (χ0v) is 17.6. The Hall–Kier alpha value is -3.12. The predicted octanol–water partition coefficient (Wildman–Crippen LogP) is 7.83. The second-order valence-corrected chi connectivity index (χ2v) is 8.28. The van der Waals surface area contributed by atoms with E-state index >= 15 is 0 Å². The Labute approximate surface area is 173 Å². The Bertz CT molecular complexity index is 1240. The van der Waals surface area contributed by atoms with Crippen molar-refractivity contribution in [3.8, 4) is 33.4 Å². The zero-order valence-electron chi connectivity index (χ0n) is 17.6. The van der Waals surface area contributed by atoms with E-state index in [4.69, 9.17) is 0 Å². The summed E-state index contributed by atoms with van der Waals surface area (Å²) in [4.78, 5) is 0. The molecular weight excluding hydrogens is 348 g/mol. The van der Waals surface area contributed by atoms with E-state index in [9.17, 15) is 0 Å². The summed E-state index contributed by atoms with van der Waals surface area (Å²) in [5.74, 6) is 0. The Morgan fingerprint density at radius 2 is 1.07 bits per heavy atom. The van der Waals surface area contributed by atoms with Crippen molar-refractivity contribution in [3.63, 3.8) is 0 Å². The number of fused-ring (bicyclic) bond motifs is 3. The Morgan fingerprint density at radius 3 is 1.83 bits per heavy atom. The van der Waals surface area contributed by atoms with E-state index < -0.39 is 0 Å². The zero-order chi connectivity index (χ0) is 20.1. The third-order valence-corrected chi connectivity index (χ3v) is 6.87. The van der Waals surface area contributed by atoms with Crippen LogP contribution in [-0.4, -0.2) is 0 Å². The molecule has 0 heteroatoms. The van der Waals surface area contributed by atoms with Crippen LogP contribution in [0.3, 0.4) is 0 Å². The molecule has 0 radical (unpaired) electrons. The lowest BCUT2D eigenvalue weighted by Gasteiger charge is -2.23. The van der Waals surface area contributed by atoms with Crippen molar-refractivity contribution < 1.29 is 0 Å². The molecule has 0 fully saturated rings. The fourth-order valence-electron chi connectivity index (χ4n) is 5.01. The van der Waals surface area contributed by atoms with Crippen molar-refractivity contribution >= 4 is 0 Å². The normalized spacial score (nSPS) is 12.0. The first kappa shape index (κ1) is 17.9. The second-order valence-electron chi connectivity index (χ2n) is 8.28. The molecule has 29 heavy (non-hydrogen) atoms. The van der Waals surface area contributed by atoms with Gasteiger partial charge in [0.25, 0.3) is 0 Å². The van der Waals surface area contributed by atoms with E-state index in [-0.39, 0.29) is 0 Å². The third kappa shape index (κ3) is 2.67. The van der Waals surface area contributed by atoms with Gasteiger partial charge in [0.2, 0.25) is 0 Å². The van der Waals surface area contributed by atoms with Crippen LogP contribution in [0.1, 0.15) is 33.4 Å². The molecule has 0 N–H and O–H groups in total. The van der Waals surface area contributed by atoms with E-state index in [2.05, 4.69) is 100 Å². The lowest BCUT2D eigenvalue weighted by Crippen LogP contribution is -2.01. The van der Waals surface area contributed by atoms with Gasteiger partial charge in [-0.15, -0.1) is 0 Å². The molecule has 0 nitrogen and oxygen atoms in total. The fourth-order valence-corrected chi connectivity index (χ4v) is 5.01. The standard InChI is InChI=1S/C29H26/c1-18-19(2)21(4)29(28(20(18)3)22-11-6-5-7-12-22)26-16-10-15-25-24-14-9-8-13-23(24)17-27(25)26/h5-16H,17H2,1-4H3. The Morgan fingerprint density at radius 1 is 0.483 bits per heavy atom. The Kier molecular flexibility index (Phi) is 4.17. The summed E-state index contributed by atoms with van der Waals surface area (Å²) in [5.41, 5.74) is 16.8. The molecule has 5 rings (SSSR count). The van der Waals surface area contributed by atoms with Crippen LogP contribution in [-0.2, 0) is 6.42 Å². The van der Waals surface area contributed by atoms with Crippen LogP contribution in [0.5, 0.6) is 0 Å². The summed E-state index contributed by atoms with van der Waals surface area (Å²) in [6.07, 6.45) is 1.02. The van der Waals surface area contributed by atoms with Gasteiger partial charge in [0.05, 0.1) is 0 Å². The van der Waals surface area contributed by atoms with Gasteiger partial charge in [0.1, 0.15) is 0 Å². The molecule has 4 aromatic rings. The maximum absolute atomic E-state index is 2.33. The molecule has 0 atom stereocenters. The van der Waals surface area contributed by atoms with Gasteiger partial charge in [-0.05, 0) is 101 Å². The van der Waals surface area contributed by atoms with E-state index in [0.717, 1.165) is 6.42 Å². The van der Waals surface area contributed by atoms with E-state index in [0.29, 0.717) is 0 Å². The van der Waals surface area contributed by atoms with Gasteiger partial charge in [-0.3, -0.25) is 0 Å². The summed E-state index contributed by atoms with van der Waals surface area (Å²) in [6, 6.07) is 26.6. The van der Waals surface area contributed by atoms with Gasteiger partial charge in [0.15, 0.2) is 0 Å². The highest BCUT2D eigenvalue weighted by molar-refractivity contribution is 5.94. The second kappa shape index (κ2) is 6.74. The largest absolute Gasteiger partial charge is 0.0622 e. The molecule has 0 aliphatic heterocycles. The van der Waals surface area contributed by atoms with Crippen LogP contribution in [0, 0.1) is 27.7 Å². The van der Waals surface area contributed by atoms with Crippen molar-refractivity contribution in [3.05, 3.63) is 106 Å². The minimum atomic E-state index is 1.02. The number of benzene rings is 4. The lowest BCUT2D eigenvalue weighted by atomic mass is 9.81. The van der Waals surface area contributed by atoms with Crippen LogP contribution < -0.4 is 0 Å². The molecule has 0 bridgehead atoms. The minimum absolute atomic E-state index is 1.02. The van der Waals surface area contributed by atoms with Crippen molar-refractivity contribution in [1.29, 1.82) is 0 Å². The predicted molar refractivity (Wildman–Crippen MR) is 125 cm³/mol. The quantitative estimate of drug-likeness (QED) is 0.295. The molecule has 1 aliphatic rings. The molecule has 0 unspecified atom stereocenters. The maximum atomic E-state index is 2.33. The molecule has 0 saturated heterocycles. The van der Waals surface area contributed by atoms with E-state index in [1.165, 1.54) is 66.8 Å². The van der Waals surface area contributed by atoms with Gasteiger partial charge in [-0.25, -0.2) is 0 Å². The molecular formula is C29H26. The van der Waals surface area contributed by atoms with Gasteiger partial charge >= 0.3 is 0 Å².